The van der Waals surface area contributed by atoms with Gasteiger partial charge in [-0.2, -0.15) is 10.2 Å². The topological polar surface area (TPSA) is 99.8 Å². The highest BCUT2D eigenvalue weighted by atomic mass is 19.1. The lowest BCUT2D eigenvalue weighted by molar-refractivity contribution is 0.0524. The molecule has 0 atom stereocenters. The molecule has 3 heterocycles. The minimum Gasteiger partial charge on any atom is -0.462 e. The van der Waals surface area contributed by atoms with Crippen molar-refractivity contribution in [1.82, 2.24) is 29.5 Å². The van der Waals surface area contributed by atoms with Crippen molar-refractivity contribution < 1.29 is 13.9 Å². The Bertz CT molecular complexity index is 1410. The molecule has 0 aliphatic heterocycles. The Kier molecular flexibility index (Phi) is 8.50. The smallest absolute Gasteiger partial charge is 0.341 e. The lowest BCUT2D eigenvalue weighted by Crippen LogP contribution is -2.10. The Labute approximate surface area is 222 Å². The Morgan fingerprint density at radius 3 is 2.50 bits per heavy atom. The molecule has 0 saturated carbocycles. The fourth-order valence-corrected chi connectivity index (χ4v) is 4.50. The van der Waals surface area contributed by atoms with Crippen molar-refractivity contribution >= 4 is 17.6 Å². The van der Waals surface area contributed by atoms with Gasteiger partial charge in [-0.15, -0.1) is 0 Å². The largest absolute Gasteiger partial charge is 0.462 e. The summed E-state index contributed by atoms with van der Waals surface area (Å²) in [5.41, 5.74) is 4.34. The number of aryl methyl sites for hydroxylation is 2. The van der Waals surface area contributed by atoms with E-state index in [1.807, 2.05) is 11.6 Å². The minimum absolute atomic E-state index is 0.281. The first-order chi connectivity index (χ1) is 18.4. The van der Waals surface area contributed by atoms with Gasteiger partial charge in [0.15, 0.2) is 5.82 Å². The highest BCUT2D eigenvalue weighted by Gasteiger charge is 2.22. The predicted molar refractivity (Wildman–Crippen MR) is 144 cm³/mol. The quantitative estimate of drug-likeness (QED) is 0.193. The van der Waals surface area contributed by atoms with Crippen molar-refractivity contribution in [1.29, 1.82) is 0 Å². The first kappa shape index (κ1) is 27.0. The standard InChI is InChI=1S/C28H34FN7O2/c1-6-9-10-15-35-27(22(7-2)26(34-35)20-11-13-21(29)14-12-20)32-23-16-24(31-17-30-23)36-19(5)25(18(4)33-36)28(37)38-8-3/h11-14,16-17H,6-10,15H2,1-5H3,(H,30,31,32). The van der Waals surface area contributed by atoms with Gasteiger partial charge in [0.05, 0.1) is 23.7 Å². The van der Waals surface area contributed by atoms with Crippen molar-refractivity contribution in [3.63, 3.8) is 0 Å². The average molecular weight is 520 g/mol. The molecule has 4 aromatic rings. The summed E-state index contributed by atoms with van der Waals surface area (Å²) in [7, 11) is 0. The van der Waals surface area contributed by atoms with Crippen molar-refractivity contribution in [3.05, 3.63) is 65.0 Å². The number of rotatable bonds is 11. The Hall–Kier alpha value is -4.08. The van der Waals surface area contributed by atoms with Gasteiger partial charge >= 0.3 is 5.97 Å². The minimum atomic E-state index is -0.405. The van der Waals surface area contributed by atoms with E-state index < -0.39 is 5.97 Å². The third-order valence-corrected chi connectivity index (χ3v) is 6.38. The number of nitrogens with one attached hydrogen (secondary N) is 1. The number of hydrogen-bond acceptors (Lipinski definition) is 7. The Balaban J connectivity index is 1.72. The summed E-state index contributed by atoms with van der Waals surface area (Å²) in [5, 5.41) is 12.9. The van der Waals surface area contributed by atoms with Gasteiger partial charge in [-0.1, -0.05) is 26.7 Å². The maximum absolute atomic E-state index is 13.6. The number of nitrogens with zero attached hydrogens (tertiary/aromatic N) is 6. The van der Waals surface area contributed by atoms with Crippen LogP contribution in [0.4, 0.5) is 16.0 Å². The van der Waals surface area contributed by atoms with Crippen LogP contribution < -0.4 is 5.32 Å². The van der Waals surface area contributed by atoms with Gasteiger partial charge in [-0.25, -0.2) is 28.5 Å². The molecule has 1 aromatic carbocycles. The molecule has 0 saturated heterocycles. The molecule has 10 heteroatoms. The molecule has 0 fully saturated rings. The zero-order valence-corrected chi connectivity index (χ0v) is 22.6. The van der Waals surface area contributed by atoms with Crippen LogP contribution in [0.15, 0.2) is 36.7 Å². The highest BCUT2D eigenvalue weighted by Crippen LogP contribution is 2.32. The number of esters is 1. The lowest BCUT2D eigenvalue weighted by Gasteiger charge is -2.12. The number of unbranched alkanes of at least 4 members (excludes halogenated alkanes) is 2. The molecule has 0 amide bonds. The number of carbonyl (C=O) groups is 1. The molecule has 0 bridgehead atoms. The molecule has 4 rings (SSSR count). The summed E-state index contributed by atoms with van der Waals surface area (Å²) in [6.45, 7) is 10.6. The maximum Gasteiger partial charge on any atom is 0.341 e. The third-order valence-electron chi connectivity index (χ3n) is 6.38. The SMILES string of the molecule is CCCCCn1nc(-c2ccc(F)cc2)c(CC)c1Nc1cc(-n2nc(C)c(C(=O)OCC)c2C)ncn1. The van der Waals surface area contributed by atoms with E-state index in [4.69, 9.17) is 9.84 Å². The van der Waals surface area contributed by atoms with Crippen LogP contribution in [0.3, 0.4) is 0 Å². The van der Waals surface area contributed by atoms with Gasteiger partial charge in [0, 0.05) is 23.7 Å². The van der Waals surface area contributed by atoms with Crippen LogP contribution in [0.5, 0.6) is 0 Å². The van der Waals surface area contributed by atoms with Crippen molar-refractivity contribution in [2.24, 2.45) is 0 Å². The van der Waals surface area contributed by atoms with Crippen LogP contribution in [0.2, 0.25) is 0 Å². The Morgan fingerprint density at radius 2 is 1.82 bits per heavy atom. The van der Waals surface area contributed by atoms with E-state index in [-0.39, 0.29) is 12.4 Å². The molecule has 38 heavy (non-hydrogen) atoms. The van der Waals surface area contributed by atoms with Crippen LogP contribution >= 0.6 is 0 Å². The summed E-state index contributed by atoms with van der Waals surface area (Å²) in [6, 6.07) is 8.20. The van der Waals surface area contributed by atoms with Gasteiger partial charge in [-0.05, 0) is 57.9 Å². The molecular weight excluding hydrogens is 485 g/mol. The first-order valence-corrected chi connectivity index (χ1v) is 13.1. The molecular formula is C28H34FN7O2. The molecule has 0 radical (unpaired) electrons. The summed E-state index contributed by atoms with van der Waals surface area (Å²) >= 11 is 0. The van der Waals surface area contributed by atoms with E-state index in [0.717, 1.165) is 54.9 Å². The summed E-state index contributed by atoms with van der Waals surface area (Å²) in [4.78, 5) is 21.3. The van der Waals surface area contributed by atoms with E-state index in [2.05, 4.69) is 34.2 Å². The van der Waals surface area contributed by atoms with Gasteiger partial charge in [0.1, 0.15) is 29.3 Å². The van der Waals surface area contributed by atoms with Crippen LogP contribution in [0, 0.1) is 19.7 Å². The fourth-order valence-electron chi connectivity index (χ4n) is 4.50. The van der Waals surface area contributed by atoms with Gasteiger partial charge in [0.2, 0.25) is 0 Å². The number of benzene rings is 1. The normalized spacial score (nSPS) is 11.1. The maximum atomic E-state index is 13.6. The van der Waals surface area contributed by atoms with Crippen molar-refractivity contribution in [3.8, 4) is 17.1 Å². The second kappa shape index (κ2) is 12.0. The molecule has 0 aliphatic rings. The second-order valence-corrected chi connectivity index (χ2v) is 9.03. The van der Waals surface area contributed by atoms with E-state index in [9.17, 15) is 9.18 Å². The summed E-state index contributed by atoms with van der Waals surface area (Å²) in [5.74, 6) is 1.24. The molecule has 0 aliphatic carbocycles. The monoisotopic (exact) mass is 519 g/mol. The van der Waals surface area contributed by atoms with E-state index in [1.54, 1.807) is 36.7 Å². The third kappa shape index (κ3) is 5.58. The number of halogens is 1. The van der Waals surface area contributed by atoms with Crippen LogP contribution in [0.25, 0.3) is 17.1 Å². The van der Waals surface area contributed by atoms with E-state index in [0.29, 0.717) is 28.6 Å². The van der Waals surface area contributed by atoms with Gasteiger partial charge in [0.25, 0.3) is 0 Å². The summed E-state index contributed by atoms with van der Waals surface area (Å²) < 4.78 is 22.4. The van der Waals surface area contributed by atoms with E-state index >= 15 is 0 Å². The van der Waals surface area contributed by atoms with Crippen LogP contribution in [-0.2, 0) is 17.7 Å². The molecule has 200 valence electrons. The molecule has 1 N–H and O–H groups in total. The van der Waals surface area contributed by atoms with Crippen LogP contribution in [-0.4, -0.2) is 42.1 Å². The molecule has 3 aromatic heterocycles. The highest BCUT2D eigenvalue weighted by molar-refractivity contribution is 5.92. The zero-order chi connectivity index (χ0) is 27.2. The van der Waals surface area contributed by atoms with Gasteiger partial charge in [-0.3, -0.25) is 0 Å². The summed E-state index contributed by atoms with van der Waals surface area (Å²) in [6.07, 6.45) is 5.35. The van der Waals surface area contributed by atoms with Gasteiger partial charge < -0.3 is 10.1 Å². The number of carbonyl (C=O) groups excluding carboxylic acids is 1. The van der Waals surface area contributed by atoms with Crippen LogP contribution in [0.1, 0.15) is 67.3 Å². The predicted octanol–water partition coefficient (Wildman–Crippen LogP) is 5.95. The van der Waals surface area contributed by atoms with Crippen molar-refractivity contribution in [2.45, 2.75) is 66.8 Å². The molecule has 0 spiro atoms. The van der Waals surface area contributed by atoms with E-state index in [1.165, 1.54) is 18.5 Å². The second-order valence-electron chi connectivity index (χ2n) is 9.03. The molecule has 0 unspecified atom stereocenters. The van der Waals surface area contributed by atoms with Crippen molar-refractivity contribution in [2.75, 3.05) is 11.9 Å². The Morgan fingerprint density at radius 1 is 1.05 bits per heavy atom. The number of anilines is 2. The number of aromatic nitrogens is 6. The fraction of sp³-hybridized carbons (Fsp3) is 0.393. The first-order valence-electron chi connectivity index (χ1n) is 13.1. The molecule has 9 nitrogen and oxygen atoms in total. The zero-order valence-electron chi connectivity index (χ0n) is 22.6. The number of hydrogen-bond donors (Lipinski definition) is 1. The average Bonchev–Trinajstić information content (AvgIpc) is 3.40. The lowest BCUT2D eigenvalue weighted by atomic mass is 10.1. The number of ether oxygens (including phenoxy) is 1.